The zero-order valence-electron chi connectivity index (χ0n) is 21.2. The van der Waals surface area contributed by atoms with Crippen LogP contribution in [0.5, 0.6) is 0 Å². The molecule has 0 aliphatic carbocycles. The van der Waals surface area contributed by atoms with Crippen molar-refractivity contribution in [2.75, 3.05) is 32.5 Å². The Balaban J connectivity index is 1.73. The van der Waals surface area contributed by atoms with Crippen molar-refractivity contribution in [3.8, 4) is 0 Å². The van der Waals surface area contributed by atoms with Gasteiger partial charge in [-0.25, -0.2) is 17.2 Å². The average Bonchev–Trinajstić information content (AvgIpc) is 3.16. The molecule has 0 N–H and O–H groups in total. The van der Waals surface area contributed by atoms with Gasteiger partial charge in [-0.2, -0.15) is 0 Å². The van der Waals surface area contributed by atoms with E-state index in [0.29, 0.717) is 48.2 Å². The number of ether oxygens (including phenoxy) is 2. The quantitative estimate of drug-likeness (QED) is 0.632. The first-order valence-electron chi connectivity index (χ1n) is 12.1. The van der Waals surface area contributed by atoms with Crippen LogP contribution in [-0.4, -0.2) is 78.4 Å². The van der Waals surface area contributed by atoms with E-state index in [1.54, 1.807) is 37.1 Å². The summed E-state index contributed by atoms with van der Waals surface area (Å²) in [5.74, 6) is -0.130. The lowest BCUT2D eigenvalue weighted by molar-refractivity contribution is 0.0223. The van der Waals surface area contributed by atoms with E-state index in [-0.39, 0.29) is 24.3 Å². The molecule has 1 aromatic carbocycles. The van der Waals surface area contributed by atoms with Gasteiger partial charge in [0.15, 0.2) is 0 Å². The molecule has 0 atom stereocenters. The summed E-state index contributed by atoms with van der Waals surface area (Å²) in [5, 5.41) is 0.683. The van der Waals surface area contributed by atoms with E-state index in [4.69, 9.17) is 9.47 Å². The lowest BCUT2D eigenvalue weighted by Crippen LogP contribution is -2.40. The van der Waals surface area contributed by atoms with Gasteiger partial charge in [-0.15, -0.1) is 0 Å². The molecule has 0 bridgehead atoms. The van der Waals surface area contributed by atoms with E-state index in [1.165, 1.54) is 3.97 Å². The van der Waals surface area contributed by atoms with Crippen LogP contribution in [0.3, 0.4) is 0 Å². The van der Waals surface area contributed by atoms with Crippen molar-refractivity contribution in [2.45, 2.75) is 65.2 Å². The molecule has 2 aliphatic rings. The van der Waals surface area contributed by atoms with Crippen LogP contribution in [-0.2, 0) is 32.5 Å². The average molecular weight is 506 g/mol. The van der Waals surface area contributed by atoms with E-state index in [9.17, 15) is 18.0 Å². The van der Waals surface area contributed by atoms with Crippen LogP contribution < -0.4 is 0 Å². The monoisotopic (exact) mass is 505 g/mol. The number of carbonyl (C=O) groups is 2. The van der Waals surface area contributed by atoms with Gasteiger partial charge >= 0.3 is 6.09 Å². The minimum absolute atomic E-state index is 0.0475. The van der Waals surface area contributed by atoms with Crippen LogP contribution >= 0.6 is 0 Å². The van der Waals surface area contributed by atoms with Gasteiger partial charge in [0, 0.05) is 55.4 Å². The second-order valence-corrected chi connectivity index (χ2v) is 12.3. The number of amides is 2. The third-order valence-electron chi connectivity index (χ3n) is 6.71. The van der Waals surface area contributed by atoms with Crippen LogP contribution in [0.2, 0.25) is 0 Å². The van der Waals surface area contributed by atoms with Gasteiger partial charge in [-0.1, -0.05) is 0 Å². The zero-order valence-corrected chi connectivity index (χ0v) is 22.0. The first kappa shape index (κ1) is 25.5. The fourth-order valence-corrected chi connectivity index (χ4v) is 6.11. The van der Waals surface area contributed by atoms with E-state index in [2.05, 4.69) is 0 Å². The number of methoxy groups -OCH3 is 1. The molecule has 1 saturated heterocycles. The second kappa shape index (κ2) is 9.46. The Labute approximate surface area is 207 Å². The molecule has 0 unspecified atom stereocenters. The fourth-order valence-electron chi connectivity index (χ4n) is 4.86. The minimum atomic E-state index is -3.58. The number of rotatable bonds is 4. The van der Waals surface area contributed by atoms with E-state index < -0.39 is 21.7 Å². The summed E-state index contributed by atoms with van der Waals surface area (Å²) in [7, 11) is -1.89. The van der Waals surface area contributed by atoms with Crippen molar-refractivity contribution in [3.63, 3.8) is 0 Å². The summed E-state index contributed by atoms with van der Waals surface area (Å²) in [4.78, 5) is 29.4. The molecule has 1 aromatic heterocycles. The summed E-state index contributed by atoms with van der Waals surface area (Å²) in [6.07, 6.45) is 1.69. The largest absolute Gasteiger partial charge is 0.444 e. The summed E-state index contributed by atoms with van der Waals surface area (Å²) < 4.78 is 38.5. The number of fused-ring (bicyclic) bond motifs is 3. The molecule has 0 saturated carbocycles. The van der Waals surface area contributed by atoms with Gasteiger partial charge in [0.25, 0.3) is 5.91 Å². The highest BCUT2D eigenvalue weighted by atomic mass is 32.2. The predicted molar refractivity (Wildman–Crippen MR) is 133 cm³/mol. The number of piperidine rings is 1. The van der Waals surface area contributed by atoms with Crippen molar-refractivity contribution in [1.82, 2.24) is 13.8 Å². The summed E-state index contributed by atoms with van der Waals surface area (Å²) >= 11 is 0. The maximum absolute atomic E-state index is 13.3. The maximum Gasteiger partial charge on any atom is 0.410 e. The van der Waals surface area contributed by atoms with Gasteiger partial charge < -0.3 is 19.3 Å². The summed E-state index contributed by atoms with van der Waals surface area (Å²) in [6, 6.07) is 5.19. The molecule has 10 heteroatoms. The van der Waals surface area contributed by atoms with Crippen molar-refractivity contribution in [2.24, 2.45) is 0 Å². The molecule has 192 valence electrons. The normalized spacial score (nSPS) is 17.5. The van der Waals surface area contributed by atoms with Gasteiger partial charge in [0.05, 0.1) is 23.9 Å². The maximum atomic E-state index is 13.3. The Hall–Kier alpha value is -2.59. The molecule has 0 spiro atoms. The highest BCUT2D eigenvalue weighted by Crippen LogP contribution is 2.34. The zero-order chi connectivity index (χ0) is 25.5. The van der Waals surface area contributed by atoms with Gasteiger partial charge in [0.1, 0.15) is 5.60 Å². The van der Waals surface area contributed by atoms with Crippen LogP contribution in [0.1, 0.15) is 62.2 Å². The number of hydrogen-bond acceptors (Lipinski definition) is 6. The molecule has 2 amide bonds. The summed E-state index contributed by atoms with van der Waals surface area (Å²) in [5.41, 5.74) is 1.84. The number of nitrogens with zero attached hydrogens (tertiary/aromatic N) is 3. The Morgan fingerprint density at radius 3 is 2.37 bits per heavy atom. The molecule has 4 rings (SSSR count). The van der Waals surface area contributed by atoms with E-state index in [0.717, 1.165) is 18.4 Å². The molecular formula is C25H35N3O6S. The minimum Gasteiger partial charge on any atom is -0.444 e. The number of likely N-dealkylation sites (tertiary alicyclic amines) is 1. The number of carbonyl (C=O) groups excluding carboxylic acids is 2. The summed E-state index contributed by atoms with van der Waals surface area (Å²) in [6.45, 7) is 8.87. The fraction of sp³-hybridized carbons (Fsp3) is 0.600. The third-order valence-corrected chi connectivity index (χ3v) is 8.41. The molecule has 1 fully saturated rings. The molecule has 2 aromatic rings. The van der Waals surface area contributed by atoms with Crippen LogP contribution in [0.15, 0.2) is 18.2 Å². The van der Waals surface area contributed by atoms with E-state index in [1.807, 2.05) is 25.7 Å². The second-order valence-electron chi connectivity index (χ2n) is 10.2. The van der Waals surface area contributed by atoms with Crippen LogP contribution in [0, 0.1) is 0 Å². The van der Waals surface area contributed by atoms with Crippen LogP contribution in [0.4, 0.5) is 4.79 Å². The highest BCUT2D eigenvalue weighted by molar-refractivity contribution is 7.90. The topological polar surface area (TPSA) is 98.1 Å². The predicted octanol–water partition coefficient (Wildman–Crippen LogP) is 3.38. The number of benzene rings is 1. The van der Waals surface area contributed by atoms with Gasteiger partial charge in [-0.3, -0.25) is 4.79 Å². The smallest absolute Gasteiger partial charge is 0.410 e. The standard InChI is InChI=1S/C25H35N3O6S/c1-6-35(31,32)28-21-8-7-17(23(29)26-12-9-18(33-5)10-13-26)15-19(21)20-16-27(14-11-22(20)28)24(30)34-25(2,3)4/h7-8,15,18H,6,9-14,16H2,1-5H3. The Morgan fingerprint density at radius 1 is 1.09 bits per heavy atom. The van der Waals surface area contributed by atoms with E-state index >= 15 is 0 Å². The molecule has 0 radical (unpaired) electrons. The first-order chi connectivity index (χ1) is 16.4. The molecule has 9 nitrogen and oxygen atoms in total. The Kier molecular flexibility index (Phi) is 6.89. The Morgan fingerprint density at radius 2 is 1.77 bits per heavy atom. The van der Waals surface area contributed by atoms with Crippen molar-refractivity contribution >= 4 is 32.9 Å². The molecule has 3 heterocycles. The number of aromatic nitrogens is 1. The van der Waals surface area contributed by atoms with Crippen molar-refractivity contribution in [1.29, 1.82) is 0 Å². The van der Waals surface area contributed by atoms with Crippen molar-refractivity contribution < 1.29 is 27.5 Å². The first-order valence-corrected chi connectivity index (χ1v) is 13.8. The van der Waals surface area contributed by atoms with Crippen LogP contribution in [0.25, 0.3) is 10.9 Å². The highest BCUT2D eigenvalue weighted by Gasteiger charge is 2.33. The lowest BCUT2D eigenvalue weighted by Gasteiger charge is -2.31. The number of hydrogen-bond donors (Lipinski definition) is 0. The molecule has 35 heavy (non-hydrogen) atoms. The van der Waals surface area contributed by atoms with Gasteiger partial charge in [-0.05, 0) is 58.7 Å². The molecule has 2 aliphatic heterocycles. The van der Waals surface area contributed by atoms with Crippen molar-refractivity contribution in [3.05, 3.63) is 35.0 Å². The molecular weight excluding hydrogens is 470 g/mol. The lowest BCUT2D eigenvalue weighted by atomic mass is 10.0. The van der Waals surface area contributed by atoms with Gasteiger partial charge in [0.2, 0.25) is 10.0 Å². The Bertz CT molecular complexity index is 1240. The SMILES string of the molecule is CCS(=O)(=O)n1c2c(c3cc(C(=O)N4CCC(OC)CC4)ccc31)CN(C(=O)OC(C)(C)C)CC2. The third kappa shape index (κ3) is 5.04.